The number of anilines is 1. The fraction of sp³-hybridized carbons (Fsp3) is 0.625. The summed E-state index contributed by atoms with van der Waals surface area (Å²) in [6, 6.07) is 1.68. The van der Waals surface area contributed by atoms with Gasteiger partial charge in [-0.2, -0.15) is 0 Å². The van der Waals surface area contributed by atoms with Crippen molar-refractivity contribution >= 4 is 23.3 Å². The summed E-state index contributed by atoms with van der Waals surface area (Å²) >= 11 is 6.04. The second kappa shape index (κ2) is 5.48. The average molecular weight is 310 g/mol. The first-order valence-electron chi connectivity index (χ1n) is 7.30. The van der Waals surface area contributed by atoms with Crippen LogP contribution in [0, 0.1) is 10.8 Å². The Balaban J connectivity index is 2.14. The highest BCUT2D eigenvalue weighted by atomic mass is 35.5. The highest BCUT2D eigenvalue weighted by molar-refractivity contribution is 6.33. The molecule has 0 unspecified atom stereocenters. The number of nitrogens with zero attached hydrogens (tertiary/aromatic N) is 1. The molecule has 0 radical (unpaired) electrons. The van der Waals surface area contributed by atoms with Crippen molar-refractivity contribution in [3.63, 3.8) is 0 Å². The summed E-state index contributed by atoms with van der Waals surface area (Å²) in [7, 11) is 0. The van der Waals surface area contributed by atoms with Crippen LogP contribution < -0.4 is 11.1 Å². The zero-order chi connectivity index (χ0) is 15.8. The molecule has 4 nitrogen and oxygen atoms in total. The Morgan fingerprint density at radius 1 is 1.33 bits per heavy atom. The molecule has 1 aliphatic rings. The van der Waals surface area contributed by atoms with Crippen molar-refractivity contribution in [2.24, 2.45) is 10.8 Å². The first kappa shape index (κ1) is 16.1. The summed E-state index contributed by atoms with van der Waals surface area (Å²) in [5, 5.41) is 3.44. The van der Waals surface area contributed by atoms with Gasteiger partial charge in [0.15, 0.2) is 0 Å². The Morgan fingerprint density at radius 2 is 1.90 bits per heavy atom. The maximum Gasteiger partial charge on any atom is 0.253 e. The number of nitrogen functional groups attached to an aromatic ring is 1. The van der Waals surface area contributed by atoms with Crippen molar-refractivity contribution in [3.8, 4) is 0 Å². The van der Waals surface area contributed by atoms with Crippen LogP contribution in [0.1, 0.15) is 57.3 Å². The van der Waals surface area contributed by atoms with Crippen LogP contribution in [-0.2, 0) is 0 Å². The first-order chi connectivity index (χ1) is 9.58. The molecule has 1 aromatic heterocycles. The summed E-state index contributed by atoms with van der Waals surface area (Å²) in [5.74, 6) is 0.126. The minimum absolute atomic E-state index is 0.154. The fourth-order valence-corrected chi connectivity index (χ4v) is 4.03. The van der Waals surface area contributed by atoms with Crippen molar-refractivity contribution in [1.82, 2.24) is 10.3 Å². The topological polar surface area (TPSA) is 68.0 Å². The van der Waals surface area contributed by atoms with E-state index in [0.29, 0.717) is 16.4 Å². The molecule has 1 heterocycles. The van der Waals surface area contributed by atoms with Crippen molar-refractivity contribution in [1.29, 1.82) is 0 Å². The highest BCUT2D eigenvalue weighted by Crippen LogP contribution is 2.45. The second-order valence-electron chi connectivity index (χ2n) is 7.67. The number of hydrogen-bond acceptors (Lipinski definition) is 3. The molecule has 1 saturated carbocycles. The number of carbonyl (C=O) groups excluding carboxylic acids is 1. The summed E-state index contributed by atoms with van der Waals surface area (Å²) < 4.78 is 0. The van der Waals surface area contributed by atoms with E-state index in [1.807, 2.05) is 0 Å². The van der Waals surface area contributed by atoms with Gasteiger partial charge < -0.3 is 11.1 Å². The van der Waals surface area contributed by atoms with Gasteiger partial charge in [0.2, 0.25) is 0 Å². The van der Waals surface area contributed by atoms with E-state index < -0.39 is 0 Å². The third-order valence-electron chi connectivity index (χ3n) is 4.01. The van der Waals surface area contributed by atoms with Gasteiger partial charge in [0.05, 0.1) is 10.6 Å². The number of carbonyl (C=O) groups is 1. The molecule has 5 heteroatoms. The zero-order valence-corrected chi connectivity index (χ0v) is 13.9. The van der Waals surface area contributed by atoms with Crippen molar-refractivity contribution < 1.29 is 4.79 Å². The molecule has 1 fully saturated rings. The van der Waals surface area contributed by atoms with Gasteiger partial charge in [0.25, 0.3) is 5.91 Å². The third-order valence-corrected chi connectivity index (χ3v) is 4.31. The van der Waals surface area contributed by atoms with E-state index >= 15 is 0 Å². The zero-order valence-electron chi connectivity index (χ0n) is 13.2. The summed E-state index contributed by atoms with van der Waals surface area (Å²) in [5.41, 5.74) is 6.47. The van der Waals surface area contributed by atoms with Gasteiger partial charge in [0.1, 0.15) is 5.82 Å². The SMILES string of the molecule is CC1(C)CC(NC(=O)c2cc(N)ncc2Cl)CC(C)(C)C1. The molecule has 0 aliphatic heterocycles. The minimum Gasteiger partial charge on any atom is -0.384 e. The number of aromatic nitrogens is 1. The van der Waals surface area contributed by atoms with Crippen LogP contribution in [0.5, 0.6) is 0 Å². The number of nitrogens with one attached hydrogen (secondary N) is 1. The monoisotopic (exact) mass is 309 g/mol. The van der Waals surface area contributed by atoms with Crippen LogP contribution in [0.4, 0.5) is 5.82 Å². The number of pyridine rings is 1. The molecule has 1 aliphatic carbocycles. The number of hydrogen-bond donors (Lipinski definition) is 2. The van der Waals surface area contributed by atoms with Crippen molar-refractivity contribution in [3.05, 3.63) is 22.8 Å². The van der Waals surface area contributed by atoms with E-state index in [0.717, 1.165) is 19.3 Å². The van der Waals surface area contributed by atoms with Gasteiger partial charge in [-0.1, -0.05) is 39.3 Å². The lowest BCUT2D eigenvalue weighted by atomic mass is 9.63. The van der Waals surface area contributed by atoms with Crippen molar-refractivity contribution in [2.45, 2.75) is 53.0 Å². The maximum absolute atomic E-state index is 12.4. The van der Waals surface area contributed by atoms with Crippen LogP contribution in [0.3, 0.4) is 0 Å². The fourth-order valence-electron chi connectivity index (χ4n) is 3.84. The lowest BCUT2D eigenvalue weighted by Gasteiger charge is -2.45. The molecule has 21 heavy (non-hydrogen) atoms. The molecule has 1 amide bonds. The molecular weight excluding hydrogens is 286 g/mol. The number of halogens is 1. The summed E-state index contributed by atoms with van der Waals surface area (Å²) in [6.07, 6.45) is 4.52. The van der Waals surface area contributed by atoms with Gasteiger partial charge in [0, 0.05) is 12.2 Å². The van der Waals surface area contributed by atoms with E-state index in [1.54, 1.807) is 0 Å². The third kappa shape index (κ3) is 4.10. The molecule has 0 aromatic carbocycles. The standard InChI is InChI=1S/C16H24ClN3O/c1-15(2)6-10(7-16(3,4)9-15)20-14(21)11-5-13(18)19-8-12(11)17/h5,8,10H,6-7,9H2,1-4H3,(H2,18,19)(H,20,21). The molecule has 1 aromatic rings. The Kier molecular flexibility index (Phi) is 4.20. The van der Waals surface area contributed by atoms with E-state index in [-0.39, 0.29) is 22.8 Å². The lowest BCUT2D eigenvalue weighted by Crippen LogP contribution is -2.46. The van der Waals surface area contributed by atoms with Crippen molar-refractivity contribution in [2.75, 3.05) is 5.73 Å². The Labute approximate surface area is 131 Å². The van der Waals surface area contributed by atoms with Gasteiger partial charge in [-0.3, -0.25) is 4.79 Å². The lowest BCUT2D eigenvalue weighted by molar-refractivity contribution is 0.0713. The average Bonchev–Trinajstić information content (AvgIpc) is 2.27. The van der Waals surface area contributed by atoms with Gasteiger partial charge in [-0.15, -0.1) is 0 Å². The van der Waals surface area contributed by atoms with Crippen LogP contribution in [0.25, 0.3) is 0 Å². The molecular formula is C16H24ClN3O. The molecule has 0 spiro atoms. The second-order valence-corrected chi connectivity index (χ2v) is 8.08. The minimum atomic E-state index is -0.174. The smallest absolute Gasteiger partial charge is 0.253 e. The molecule has 116 valence electrons. The van der Waals surface area contributed by atoms with Gasteiger partial charge in [-0.05, 0) is 36.2 Å². The highest BCUT2D eigenvalue weighted by Gasteiger charge is 2.39. The van der Waals surface area contributed by atoms with E-state index in [4.69, 9.17) is 17.3 Å². The number of nitrogens with two attached hydrogens (primary N) is 1. The molecule has 3 N–H and O–H groups in total. The van der Waals surface area contributed by atoms with Crippen LogP contribution >= 0.6 is 11.6 Å². The molecule has 0 atom stereocenters. The number of amides is 1. The maximum atomic E-state index is 12.4. The predicted molar refractivity (Wildman–Crippen MR) is 86.3 cm³/mol. The van der Waals surface area contributed by atoms with Crippen LogP contribution in [0.2, 0.25) is 5.02 Å². The largest absolute Gasteiger partial charge is 0.384 e. The summed E-state index contributed by atoms with van der Waals surface area (Å²) in [4.78, 5) is 16.3. The van der Waals surface area contributed by atoms with E-state index in [9.17, 15) is 4.79 Å². The number of rotatable bonds is 2. The Bertz CT molecular complexity index is 538. The van der Waals surface area contributed by atoms with Gasteiger partial charge >= 0.3 is 0 Å². The van der Waals surface area contributed by atoms with Crippen LogP contribution in [0.15, 0.2) is 12.3 Å². The first-order valence-corrected chi connectivity index (χ1v) is 7.68. The molecule has 0 bridgehead atoms. The van der Waals surface area contributed by atoms with E-state index in [2.05, 4.69) is 38.0 Å². The summed E-state index contributed by atoms with van der Waals surface area (Å²) in [6.45, 7) is 9.02. The van der Waals surface area contributed by atoms with E-state index in [1.165, 1.54) is 12.3 Å². The predicted octanol–water partition coefficient (Wildman–Crippen LogP) is 3.65. The molecule has 0 saturated heterocycles. The Morgan fingerprint density at radius 3 is 2.48 bits per heavy atom. The normalized spacial score (nSPS) is 21.0. The molecule has 2 rings (SSSR count). The van der Waals surface area contributed by atoms with Crippen LogP contribution in [-0.4, -0.2) is 16.9 Å². The Hall–Kier alpha value is -1.29. The van der Waals surface area contributed by atoms with Gasteiger partial charge in [-0.25, -0.2) is 4.98 Å². The quantitative estimate of drug-likeness (QED) is 0.876.